The zero-order valence-corrected chi connectivity index (χ0v) is 16.9. The first-order valence-corrected chi connectivity index (χ1v) is 10.5. The summed E-state index contributed by atoms with van der Waals surface area (Å²) >= 11 is 1.58. The molecule has 2 saturated heterocycles. The summed E-state index contributed by atoms with van der Waals surface area (Å²) in [7, 11) is 0. The second kappa shape index (κ2) is 8.29. The Morgan fingerprint density at radius 2 is 1.86 bits per heavy atom. The third kappa shape index (κ3) is 4.29. The number of amides is 2. The highest BCUT2D eigenvalue weighted by atomic mass is 32.2. The van der Waals surface area contributed by atoms with Crippen molar-refractivity contribution in [3.05, 3.63) is 60.2 Å². The van der Waals surface area contributed by atoms with Crippen LogP contribution < -0.4 is 5.32 Å². The number of anilines is 1. The molecule has 0 aliphatic carbocycles. The minimum atomic E-state index is -0.565. The van der Waals surface area contributed by atoms with Crippen LogP contribution in [0, 0.1) is 0 Å². The number of hydrogen-bond acceptors (Lipinski definition) is 5. The molecule has 0 spiro atoms. The quantitative estimate of drug-likeness (QED) is 0.585. The van der Waals surface area contributed by atoms with Crippen molar-refractivity contribution < 1.29 is 19.1 Å². The lowest BCUT2D eigenvalue weighted by molar-refractivity contribution is -0.161. The molecule has 2 aliphatic heterocycles. The van der Waals surface area contributed by atoms with Gasteiger partial charge in [0.2, 0.25) is 11.8 Å². The third-order valence-corrected chi connectivity index (χ3v) is 6.47. The standard InChI is InChI=1S/C22H22N2O4S/c1-14(25)23-16-7-9-18(10-8-16)29-19-11-17-12-20(26)24(17)21(19)22(27)28-13-15-5-3-2-4-6-15/h2-10,17,19,21H,11-13H2,1H3,(H,23,25). The molecule has 6 nitrogen and oxygen atoms in total. The lowest BCUT2D eigenvalue weighted by Crippen LogP contribution is -2.55. The van der Waals surface area contributed by atoms with Gasteiger partial charge < -0.3 is 15.0 Å². The Balaban J connectivity index is 1.44. The Bertz CT molecular complexity index is 916. The smallest absolute Gasteiger partial charge is 0.330 e. The first kappa shape index (κ1) is 19.5. The van der Waals surface area contributed by atoms with Gasteiger partial charge in [0.05, 0.1) is 0 Å². The Morgan fingerprint density at radius 1 is 1.14 bits per heavy atom. The maximum Gasteiger partial charge on any atom is 0.330 e. The van der Waals surface area contributed by atoms with Gasteiger partial charge in [-0.1, -0.05) is 30.3 Å². The lowest BCUT2D eigenvalue weighted by atomic mass is 10.0. The van der Waals surface area contributed by atoms with Gasteiger partial charge in [0.25, 0.3) is 0 Å². The number of carbonyl (C=O) groups excluding carboxylic acids is 3. The number of nitrogens with one attached hydrogen (secondary N) is 1. The number of nitrogens with zero attached hydrogens (tertiary/aromatic N) is 1. The van der Waals surface area contributed by atoms with E-state index >= 15 is 0 Å². The minimum Gasteiger partial charge on any atom is -0.459 e. The van der Waals surface area contributed by atoms with Crippen molar-refractivity contribution in [2.75, 3.05) is 5.32 Å². The van der Waals surface area contributed by atoms with E-state index in [1.807, 2.05) is 54.6 Å². The highest BCUT2D eigenvalue weighted by molar-refractivity contribution is 8.00. The molecule has 29 heavy (non-hydrogen) atoms. The van der Waals surface area contributed by atoms with Crippen LogP contribution in [0.4, 0.5) is 5.69 Å². The fraction of sp³-hybridized carbons (Fsp3) is 0.318. The van der Waals surface area contributed by atoms with E-state index in [4.69, 9.17) is 4.74 Å². The number of fused-ring (bicyclic) bond motifs is 1. The number of carbonyl (C=O) groups is 3. The summed E-state index contributed by atoms with van der Waals surface area (Å²) in [6, 6.07) is 16.6. The molecule has 4 rings (SSSR count). The van der Waals surface area contributed by atoms with Crippen LogP contribution in [0.3, 0.4) is 0 Å². The molecule has 1 N–H and O–H groups in total. The Hall–Kier alpha value is -2.80. The molecule has 7 heteroatoms. The Morgan fingerprint density at radius 3 is 2.52 bits per heavy atom. The van der Waals surface area contributed by atoms with Gasteiger partial charge in [-0.25, -0.2) is 4.79 Å². The van der Waals surface area contributed by atoms with Gasteiger partial charge in [0.15, 0.2) is 0 Å². The van der Waals surface area contributed by atoms with E-state index in [-0.39, 0.29) is 35.7 Å². The van der Waals surface area contributed by atoms with Crippen LogP contribution in [-0.4, -0.2) is 40.0 Å². The molecule has 2 fully saturated rings. The second-order valence-electron chi connectivity index (χ2n) is 7.29. The van der Waals surface area contributed by atoms with Crippen LogP contribution in [-0.2, 0) is 25.7 Å². The van der Waals surface area contributed by atoms with Crippen LogP contribution in [0.2, 0.25) is 0 Å². The zero-order valence-electron chi connectivity index (χ0n) is 16.0. The molecule has 2 heterocycles. The predicted molar refractivity (Wildman–Crippen MR) is 110 cm³/mol. The maximum absolute atomic E-state index is 12.9. The van der Waals surface area contributed by atoms with Crippen molar-refractivity contribution in [1.29, 1.82) is 0 Å². The van der Waals surface area contributed by atoms with Crippen molar-refractivity contribution in [2.24, 2.45) is 0 Å². The molecule has 0 saturated carbocycles. The first-order valence-electron chi connectivity index (χ1n) is 9.57. The van der Waals surface area contributed by atoms with E-state index < -0.39 is 6.04 Å². The van der Waals surface area contributed by atoms with E-state index in [1.54, 1.807) is 16.7 Å². The lowest BCUT2D eigenvalue weighted by Gasteiger charge is -2.37. The average Bonchev–Trinajstić information content (AvgIpc) is 3.00. The molecule has 2 aromatic carbocycles. The molecule has 3 unspecified atom stereocenters. The van der Waals surface area contributed by atoms with Crippen LogP contribution in [0.25, 0.3) is 0 Å². The third-order valence-electron chi connectivity index (χ3n) is 5.18. The van der Waals surface area contributed by atoms with E-state index in [2.05, 4.69) is 5.32 Å². The van der Waals surface area contributed by atoms with Gasteiger partial charge in [-0.05, 0) is 36.2 Å². The van der Waals surface area contributed by atoms with Crippen molar-refractivity contribution in [2.45, 2.75) is 48.6 Å². The minimum absolute atomic E-state index is 0.0146. The normalized spacial score (nSPS) is 22.6. The number of ether oxygens (including phenoxy) is 1. The zero-order chi connectivity index (χ0) is 20.4. The van der Waals surface area contributed by atoms with Crippen molar-refractivity contribution in [3.63, 3.8) is 0 Å². The first-order chi connectivity index (χ1) is 14.0. The fourth-order valence-corrected chi connectivity index (χ4v) is 5.17. The monoisotopic (exact) mass is 410 g/mol. The van der Waals surface area contributed by atoms with Crippen LogP contribution in [0.15, 0.2) is 59.5 Å². The Kier molecular flexibility index (Phi) is 5.58. The molecule has 0 bridgehead atoms. The Labute approximate surface area is 173 Å². The van der Waals surface area contributed by atoms with E-state index in [1.165, 1.54) is 6.92 Å². The molecule has 150 valence electrons. The van der Waals surface area contributed by atoms with E-state index in [0.29, 0.717) is 6.42 Å². The largest absolute Gasteiger partial charge is 0.459 e. The van der Waals surface area contributed by atoms with Crippen LogP contribution in [0.5, 0.6) is 0 Å². The molecule has 2 aromatic rings. The summed E-state index contributed by atoms with van der Waals surface area (Å²) in [5, 5.41) is 2.69. The summed E-state index contributed by atoms with van der Waals surface area (Å²) in [5.74, 6) is -0.456. The molecule has 0 aromatic heterocycles. The van der Waals surface area contributed by atoms with Crippen molar-refractivity contribution in [3.8, 4) is 0 Å². The van der Waals surface area contributed by atoms with Crippen LogP contribution >= 0.6 is 11.8 Å². The topological polar surface area (TPSA) is 75.7 Å². The van der Waals surface area contributed by atoms with Gasteiger partial charge in [-0.3, -0.25) is 9.59 Å². The number of β-lactam (4-membered cyclic amide) rings is 1. The fourth-order valence-electron chi connectivity index (χ4n) is 3.84. The predicted octanol–water partition coefficient (Wildman–Crippen LogP) is 3.22. The van der Waals surface area contributed by atoms with Gasteiger partial charge in [-0.2, -0.15) is 0 Å². The van der Waals surface area contributed by atoms with E-state index in [0.717, 1.165) is 22.6 Å². The summed E-state index contributed by atoms with van der Waals surface area (Å²) in [6.07, 6.45) is 1.27. The second-order valence-corrected chi connectivity index (χ2v) is 8.61. The molecular weight excluding hydrogens is 388 g/mol. The average molecular weight is 410 g/mol. The highest BCUT2D eigenvalue weighted by Gasteiger charge is 2.54. The number of thioether (sulfide) groups is 1. The molecule has 3 atom stereocenters. The number of hydrogen-bond donors (Lipinski definition) is 1. The summed E-state index contributed by atoms with van der Waals surface area (Å²) in [5.41, 5.74) is 1.65. The van der Waals surface area contributed by atoms with Crippen molar-refractivity contribution in [1.82, 2.24) is 4.90 Å². The maximum atomic E-state index is 12.9. The molecule has 2 amide bonds. The molecule has 0 radical (unpaired) electrons. The number of rotatable bonds is 6. The number of benzene rings is 2. The summed E-state index contributed by atoms with van der Waals surface area (Å²) < 4.78 is 5.55. The van der Waals surface area contributed by atoms with Crippen LogP contribution in [0.1, 0.15) is 25.3 Å². The summed E-state index contributed by atoms with van der Waals surface area (Å²) in [4.78, 5) is 38.8. The summed E-state index contributed by atoms with van der Waals surface area (Å²) in [6.45, 7) is 1.67. The van der Waals surface area contributed by atoms with Crippen molar-refractivity contribution >= 4 is 35.2 Å². The van der Waals surface area contributed by atoms with Gasteiger partial charge in [0, 0.05) is 35.2 Å². The van der Waals surface area contributed by atoms with Gasteiger partial charge >= 0.3 is 5.97 Å². The van der Waals surface area contributed by atoms with E-state index in [9.17, 15) is 14.4 Å². The molecular formula is C22H22N2O4S. The highest BCUT2D eigenvalue weighted by Crippen LogP contribution is 2.43. The number of esters is 1. The van der Waals surface area contributed by atoms with Gasteiger partial charge in [-0.15, -0.1) is 11.8 Å². The molecule has 2 aliphatic rings. The van der Waals surface area contributed by atoms with Gasteiger partial charge in [0.1, 0.15) is 12.6 Å². The SMILES string of the molecule is CC(=O)Nc1ccc(SC2CC3CC(=O)N3C2C(=O)OCc2ccccc2)cc1.